The van der Waals surface area contributed by atoms with Crippen molar-refractivity contribution in [1.82, 2.24) is 14.4 Å². The van der Waals surface area contributed by atoms with Gasteiger partial charge in [-0.3, -0.25) is 4.40 Å². The number of benzene rings is 1. The van der Waals surface area contributed by atoms with Gasteiger partial charge in [0, 0.05) is 23.1 Å². The average Bonchev–Trinajstić information content (AvgIpc) is 2.90. The van der Waals surface area contributed by atoms with E-state index in [1.54, 1.807) is 0 Å². The van der Waals surface area contributed by atoms with Crippen LogP contribution in [-0.4, -0.2) is 21.0 Å². The topological polar surface area (TPSA) is 39.4 Å². The lowest BCUT2D eigenvalue weighted by atomic mass is 10.2. The molecule has 0 unspecified atom stereocenters. The molecule has 3 rings (SSSR count). The summed E-state index contributed by atoms with van der Waals surface area (Å²) in [6.07, 6.45) is 3.04. The SMILES string of the molecule is CCCOc1ccc(-c2cn3c(C)cc(C)nc3n2)cc1. The molecule has 2 aromatic heterocycles. The summed E-state index contributed by atoms with van der Waals surface area (Å²) < 4.78 is 7.62. The molecule has 0 spiro atoms. The molecule has 4 heteroatoms. The minimum atomic E-state index is 0.744. The predicted octanol–water partition coefficient (Wildman–Crippen LogP) is 3.80. The van der Waals surface area contributed by atoms with E-state index in [0.29, 0.717) is 0 Å². The molecule has 4 nitrogen and oxygen atoms in total. The highest BCUT2D eigenvalue weighted by molar-refractivity contribution is 5.62. The second-order valence-corrected chi connectivity index (χ2v) is 5.21. The third-order valence-corrected chi connectivity index (χ3v) is 3.38. The number of hydrogen-bond donors (Lipinski definition) is 0. The zero-order chi connectivity index (χ0) is 14.8. The number of aryl methyl sites for hydroxylation is 2. The van der Waals surface area contributed by atoms with Crippen molar-refractivity contribution in [2.45, 2.75) is 27.2 Å². The van der Waals surface area contributed by atoms with E-state index in [0.717, 1.165) is 47.2 Å². The first-order chi connectivity index (χ1) is 10.2. The molecule has 0 bridgehead atoms. The van der Waals surface area contributed by atoms with Crippen LogP contribution in [0.1, 0.15) is 24.7 Å². The maximum absolute atomic E-state index is 5.60. The predicted molar refractivity (Wildman–Crippen MR) is 83.7 cm³/mol. The van der Waals surface area contributed by atoms with Gasteiger partial charge in [-0.05, 0) is 50.6 Å². The van der Waals surface area contributed by atoms with Gasteiger partial charge in [0.2, 0.25) is 5.78 Å². The fourth-order valence-electron chi connectivity index (χ4n) is 2.35. The van der Waals surface area contributed by atoms with E-state index < -0.39 is 0 Å². The van der Waals surface area contributed by atoms with Gasteiger partial charge < -0.3 is 4.74 Å². The second kappa shape index (κ2) is 5.56. The van der Waals surface area contributed by atoms with Crippen LogP contribution in [0.25, 0.3) is 17.0 Å². The molecule has 0 saturated heterocycles. The Labute approximate surface area is 124 Å². The highest BCUT2D eigenvalue weighted by Crippen LogP contribution is 2.22. The van der Waals surface area contributed by atoms with Crippen LogP contribution in [0.3, 0.4) is 0 Å². The Bertz CT molecular complexity index is 760. The molecule has 21 heavy (non-hydrogen) atoms. The molecule has 3 aromatic rings. The van der Waals surface area contributed by atoms with Crippen molar-refractivity contribution in [2.24, 2.45) is 0 Å². The number of imidazole rings is 1. The van der Waals surface area contributed by atoms with E-state index in [1.807, 2.05) is 41.8 Å². The van der Waals surface area contributed by atoms with Crippen molar-refractivity contribution in [3.63, 3.8) is 0 Å². The molecular weight excluding hydrogens is 262 g/mol. The van der Waals surface area contributed by atoms with Crippen molar-refractivity contribution in [2.75, 3.05) is 6.61 Å². The van der Waals surface area contributed by atoms with Crippen LogP contribution in [0.15, 0.2) is 36.5 Å². The molecule has 0 saturated carbocycles. The van der Waals surface area contributed by atoms with E-state index in [4.69, 9.17) is 4.74 Å². The first-order valence-electron chi connectivity index (χ1n) is 7.24. The van der Waals surface area contributed by atoms with Gasteiger partial charge in [-0.25, -0.2) is 9.97 Å². The Balaban J connectivity index is 1.95. The van der Waals surface area contributed by atoms with Gasteiger partial charge >= 0.3 is 0 Å². The van der Waals surface area contributed by atoms with E-state index in [-0.39, 0.29) is 0 Å². The standard InChI is InChI=1S/C17H19N3O/c1-4-9-21-15-7-5-14(6-8-15)16-11-20-13(3)10-12(2)18-17(20)19-16/h5-8,10-11H,4,9H2,1-3H3. The molecule has 0 atom stereocenters. The number of hydrogen-bond acceptors (Lipinski definition) is 3. The van der Waals surface area contributed by atoms with E-state index in [2.05, 4.69) is 29.9 Å². The third kappa shape index (κ3) is 2.75. The molecule has 2 heterocycles. The van der Waals surface area contributed by atoms with Crippen LogP contribution in [0.2, 0.25) is 0 Å². The summed E-state index contributed by atoms with van der Waals surface area (Å²) in [6, 6.07) is 10.1. The first-order valence-corrected chi connectivity index (χ1v) is 7.24. The van der Waals surface area contributed by atoms with Crippen molar-refractivity contribution < 1.29 is 4.74 Å². The van der Waals surface area contributed by atoms with Crippen LogP contribution in [-0.2, 0) is 0 Å². The summed E-state index contributed by atoms with van der Waals surface area (Å²) in [7, 11) is 0. The largest absolute Gasteiger partial charge is 0.494 e. The highest BCUT2D eigenvalue weighted by atomic mass is 16.5. The molecule has 1 aromatic carbocycles. The fourth-order valence-corrected chi connectivity index (χ4v) is 2.35. The monoisotopic (exact) mass is 281 g/mol. The van der Waals surface area contributed by atoms with Crippen molar-refractivity contribution in [1.29, 1.82) is 0 Å². The van der Waals surface area contributed by atoms with Gasteiger partial charge in [0.15, 0.2) is 0 Å². The molecule has 0 aliphatic carbocycles. The molecule has 0 amide bonds. The molecule has 0 aliphatic heterocycles. The van der Waals surface area contributed by atoms with Gasteiger partial charge in [0.25, 0.3) is 0 Å². The lowest BCUT2D eigenvalue weighted by Crippen LogP contribution is -1.94. The molecule has 0 aliphatic rings. The Morgan fingerprint density at radius 1 is 1.10 bits per heavy atom. The summed E-state index contributed by atoms with van der Waals surface area (Å²) in [6.45, 7) is 6.90. The van der Waals surface area contributed by atoms with Gasteiger partial charge in [0.1, 0.15) is 5.75 Å². The number of aromatic nitrogens is 3. The van der Waals surface area contributed by atoms with Crippen LogP contribution >= 0.6 is 0 Å². The maximum Gasteiger partial charge on any atom is 0.234 e. The van der Waals surface area contributed by atoms with Crippen LogP contribution in [0.5, 0.6) is 5.75 Å². The van der Waals surface area contributed by atoms with Gasteiger partial charge in [-0.1, -0.05) is 6.92 Å². The molecule has 108 valence electrons. The van der Waals surface area contributed by atoms with E-state index in [9.17, 15) is 0 Å². The summed E-state index contributed by atoms with van der Waals surface area (Å²) in [5, 5.41) is 0. The summed E-state index contributed by atoms with van der Waals surface area (Å²) in [4.78, 5) is 9.08. The van der Waals surface area contributed by atoms with Gasteiger partial charge in [-0.15, -0.1) is 0 Å². The Morgan fingerprint density at radius 2 is 1.86 bits per heavy atom. The smallest absolute Gasteiger partial charge is 0.234 e. The number of rotatable bonds is 4. The first kappa shape index (κ1) is 13.6. The molecule has 0 N–H and O–H groups in total. The zero-order valence-electron chi connectivity index (χ0n) is 12.6. The van der Waals surface area contributed by atoms with Crippen LogP contribution in [0.4, 0.5) is 0 Å². The number of nitrogens with zero attached hydrogens (tertiary/aromatic N) is 3. The minimum Gasteiger partial charge on any atom is -0.494 e. The lowest BCUT2D eigenvalue weighted by Gasteiger charge is -2.04. The molecular formula is C17H19N3O. The molecule has 0 fully saturated rings. The third-order valence-electron chi connectivity index (χ3n) is 3.38. The van der Waals surface area contributed by atoms with Crippen molar-refractivity contribution in [3.8, 4) is 17.0 Å². The summed E-state index contributed by atoms with van der Waals surface area (Å²) in [5.41, 5.74) is 4.12. The van der Waals surface area contributed by atoms with Gasteiger partial charge in [-0.2, -0.15) is 0 Å². The van der Waals surface area contributed by atoms with E-state index in [1.165, 1.54) is 0 Å². The highest BCUT2D eigenvalue weighted by Gasteiger charge is 2.07. The fraction of sp³-hybridized carbons (Fsp3) is 0.294. The Morgan fingerprint density at radius 3 is 2.57 bits per heavy atom. The van der Waals surface area contributed by atoms with Crippen LogP contribution < -0.4 is 4.74 Å². The minimum absolute atomic E-state index is 0.744. The summed E-state index contributed by atoms with van der Waals surface area (Å²) in [5.74, 6) is 1.64. The average molecular weight is 281 g/mol. The van der Waals surface area contributed by atoms with Gasteiger partial charge in [0.05, 0.1) is 12.3 Å². The molecule has 0 radical (unpaired) electrons. The lowest BCUT2D eigenvalue weighted by molar-refractivity contribution is 0.317. The Hall–Kier alpha value is -2.36. The van der Waals surface area contributed by atoms with Crippen LogP contribution in [0, 0.1) is 13.8 Å². The number of fused-ring (bicyclic) bond motifs is 1. The summed E-state index contributed by atoms with van der Waals surface area (Å²) >= 11 is 0. The maximum atomic E-state index is 5.60. The Kier molecular flexibility index (Phi) is 3.60. The normalized spacial score (nSPS) is 11.0. The zero-order valence-corrected chi connectivity index (χ0v) is 12.6. The van der Waals surface area contributed by atoms with E-state index >= 15 is 0 Å². The van der Waals surface area contributed by atoms with Crippen molar-refractivity contribution >= 4 is 5.78 Å². The second-order valence-electron chi connectivity index (χ2n) is 5.21. The quantitative estimate of drug-likeness (QED) is 0.730. The number of ether oxygens (including phenoxy) is 1. The van der Waals surface area contributed by atoms with Crippen molar-refractivity contribution in [3.05, 3.63) is 47.9 Å².